The lowest BCUT2D eigenvalue weighted by Gasteiger charge is -2.31. The van der Waals surface area contributed by atoms with Gasteiger partial charge < -0.3 is 5.32 Å². The summed E-state index contributed by atoms with van der Waals surface area (Å²) < 4.78 is 0. The fraction of sp³-hybridized carbons (Fsp3) is 0.667. The smallest absolute Gasteiger partial charge is 0.126 e. The van der Waals surface area contributed by atoms with E-state index in [1.807, 2.05) is 6.07 Å². The Morgan fingerprint density at radius 3 is 2.78 bits per heavy atom. The highest BCUT2D eigenvalue weighted by molar-refractivity contribution is 5.34. The average molecular weight is 247 g/mol. The van der Waals surface area contributed by atoms with Crippen LogP contribution in [-0.4, -0.2) is 29.5 Å². The van der Waals surface area contributed by atoms with Crippen molar-refractivity contribution in [2.75, 3.05) is 25.0 Å². The van der Waals surface area contributed by atoms with Crippen LogP contribution in [0.2, 0.25) is 0 Å². The van der Waals surface area contributed by atoms with Crippen molar-refractivity contribution >= 4 is 5.82 Å². The Balaban J connectivity index is 1.90. The van der Waals surface area contributed by atoms with E-state index in [-0.39, 0.29) is 0 Å². The Morgan fingerprint density at radius 2 is 2.17 bits per heavy atom. The van der Waals surface area contributed by atoms with Gasteiger partial charge in [0.15, 0.2) is 0 Å². The zero-order chi connectivity index (χ0) is 12.8. The summed E-state index contributed by atoms with van der Waals surface area (Å²) in [6, 6.07) is 6.26. The average Bonchev–Trinajstić information content (AvgIpc) is 2.33. The summed E-state index contributed by atoms with van der Waals surface area (Å²) in [6.07, 6.45) is 4.26. The summed E-state index contributed by atoms with van der Waals surface area (Å²) in [5.74, 6) is 1.93. The minimum atomic E-state index is 0.927. The van der Waals surface area contributed by atoms with Crippen LogP contribution < -0.4 is 5.32 Å². The monoisotopic (exact) mass is 247 g/mol. The Bertz CT molecular complexity index is 361. The summed E-state index contributed by atoms with van der Waals surface area (Å²) in [6.45, 7) is 8.60. The lowest BCUT2D eigenvalue weighted by Crippen LogP contribution is -2.32. The maximum Gasteiger partial charge on any atom is 0.126 e. The second kappa shape index (κ2) is 6.74. The summed E-state index contributed by atoms with van der Waals surface area (Å²) in [7, 11) is 0. The van der Waals surface area contributed by atoms with Crippen LogP contribution in [0.15, 0.2) is 18.2 Å². The highest BCUT2D eigenvalue weighted by Gasteiger charge is 2.20. The SMILES string of the molecule is CCNc1cccc(CN(CC)CC2CCC2)n1. The third kappa shape index (κ3) is 3.70. The molecule has 18 heavy (non-hydrogen) atoms. The number of rotatable bonds is 7. The minimum absolute atomic E-state index is 0.927. The largest absolute Gasteiger partial charge is 0.370 e. The van der Waals surface area contributed by atoms with Gasteiger partial charge in [0.25, 0.3) is 0 Å². The Hall–Kier alpha value is -1.09. The van der Waals surface area contributed by atoms with Gasteiger partial charge in [-0.25, -0.2) is 4.98 Å². The molecule has 1 N–H and O–H groups in total. The molecule has 0 spiro atoms. The third-order valence-corrected chi connectivity index (χ3v) is 3.74. The molecular weight excluding hydrogens is 222 g/mol. The van der Waals surface area contributed by atoms with Crippen LogP contribution in [0.3, 0.4) is 0 Å². The molecule has 1 aliphatic rings. The molecule has 1 aliphatic carbocycles. The maximum absolute atomic E-state index is 4.65. The van der Waals surface area contributed by atoms with Crippen LogP contribution >= 0.6 is 0 Å². The molecule has 0 radical (unpaired) electrons. The van der Waals surface area contributed by atoms with Crippen LogP contribution in [0.5, 0.6) is 0 Å². The van der Waals surface area contributed by atoms with Crippen molar-refractivity contribution in [1.29, 1.82) is 0 Å². The van der Waals surface area contributed by atoms with Crippen molar-refractivity contribution in [3.63, 3.8) is 0 Å². The topological polar surface area (TPSA) is 28.2 Å². The van der Waals surface area contributed by atoms with E-state index in [0.29, 0.717) is 0 Å². The molecule has 0 saturated heterocycles. The predicted molar refractivity (Wildman–Crippen MR) is 76.7 cm³/mol. The molecule has 100 valence electrons. The minimum Gasteiger partial charge on any atom is -0.370 e. The number of nitrogens with zero attached hydrogens (tertiary/aromatic N) is 2. The first-order valence-corrected chi connectivity index (χ1v) is 7.24. The highest BCUT2D eigenvalue weighted by Crippen LogP contribution is 2.27. The predicted octanol–water partition coefficient (Wildman–Crippen LogP) is 3.14. The van der Waals surface area contributed by atoms with Crippen LogP contribution in [-0.2, 0) is 6.54 Å². The van der Waals surface area contributed by atoms with Gasteiger partial charge in [-0.2, -0.15) is 0 Å². The van der Waals surface area contributed by atoms with E-state index in [4.69, 9.17) is 0 Å². The van der Waals surface area contributed by atoms with Crippen LogP contribution in [0.1, 0.15) is 38.8 Å². The van der Waals surface area contributed by atoms with Gasteiger partial charge in [0.2, 0.25) is 0 Å². The lowest BCUT2D eigenvalue weighted by molar-refractivity contribution is 0.177. The van der Waals surface area contributed by atoms with E-state index in [0.717, 1.165) is 31.4 Å². The van der Waals surface area contributed by atoms with E-state index in [2.05, 4.69) is 41.2 Å². The van der Waals surface area contributed by atoms with E-state index in [1.54, 1.807) is 0 Å². The molecule has 0 bridgehead atoms. The molecule has 3 nitrogen and oxygen atoms in total. The molecule has 0 aliphatic heterocycles. The van der Waals surface area contributed by atoms with E-state index in [1.165, 1.54) is 31.5 Å². The van der Waals surface area contributed by atoms with Crippen molar-refractivity contribution in [2.24, 2.45) is 5.92 Å². The normalized spacial score (nSPS) is 15.7. The van der Waals surface area contributed by atoms with E-state index in [9.17, 15) is 0 Å². The molecule has 1 aromatic heterocycles. The standard InChI is InChI=1S/C15H25N3/c1-3-16-15-10-6-9-14(17-15)12-18(4-2)11-13-7-5-8-13/h6,9-10,13H,3-5,7-8,11-12H2,1-2H3,(H,16,17). The number of aromatic nitrogens is 1. The molecule has 2 rings (SSSR count). The Kier molecular flexibility index (Phi) is 5.00. The van der Waals surface area contributed by atoms with Gasteiger partial charge in [-0.05, 0) is 44.4 Å². The van der Waals surface area contributed by atoms with Gasteiger partial charge in [-0.15, -0.1) is 0 Å². The fourth-order valence-electron chi connectivity index (χ4n) is 2.42. The second-order valence-electron chi connectivity index (χ2n) is 5.17. The van der Waals surface area contributed by atoms with Gasteiger partial charge in [0.1, 0.15) is 5.82 Å². The molecule has 1 fully saturated rings. The van der Waals surface area contributed by atoms with Gasteiger partial charge in [-0.3, -0.25) is 4.90 Å². The number of pyridine rings is 1. The summed E-state index contributed by atoms with van der Waals surface area (Å²) in [5.41, 5.74) is 1.18. The van der Waals surface area contributed by atoms with Crippen molar-refractivity contribution in [2.45, 2.75) is 39.7 Å². The zero-order valence-electron chi connectivity index (χ0n) is 11.7. The molecule has 0 atom stereocenters. The first kappa shape index (κ1) is 13.3. The van der Waals surface area contributed by atoms with Crippen molar-refractivity contribution in [3.8, 4) is 0 Å². The Labute approximate surface area is 111 Å². The number of nitrogens with one attached hydrogen (secondary N) is 1. The number of anilines is 1. The molecule has 0 aromatic carbocycles. The van der Waals surface area contributed by atoms with Crippen molar-refractivity contribution in [1.82, 2.24) is 9.88 Å². The van der Waals surface area contributed by atoms with Crippen molar-refractivity contribution < 1.29 is 0 Å². The summed E-state index contributed by atoms with van der Waals surface area (Å²) in [5, 5.41) is 3.27. The molecule has 0 unspecified atom stereocenters. The first-order chi connectivity index (χ1) is 8.81. The van der Waals surface area contributed by atoms with Gasteiger partial charge >= 0.3 is 0 Å². The Morgan fingerprint density at radius 1 is 1.33 bits per heavy atom. The van der Waals surface area contributed by atoms with Crippen LogP contribution in [0.25, 0.3) is 0 Å². The molecule has 1 aromatic rings. The fourth-order valence-corrected chi connectivity index (χ4v) is 2.42. The van der Waals surface area contributed by atoms with Gasteiger partial charge in [0, 0.05) is 19.6 Å². The van der Waals surface area contributed by atoms with Crippen LogP contribution in [0.4, 0.5) is 5.82 Å². The van der Waals surface area contributed by atoms with E-state index >= 15 is 0 Å². The van der Waals surface area contributed by atoms with Crippen molar-refractivity contribution in [3.05, 3.63) is 23.9 Å². The molecule has 0 amide bonds. The molecule has 1 saturated carbocycles. The molecule has 3 heteroatoms. The molecule has 1 heterocycles. The van der Waals surface area contributed by atoms with Crippen LogP contribution in [0, 0.1) is 5.92 Å². The molecular formula is C15H25N3. The van der Waals surface area contributed by atoms with Gasteiger partial charge in [-0.1, -0.05) is 19.4 Å². The lowest BCUT2D eigenvalue weighted by atomic mass is 9.85. The second-order valence-corrected chi connectivity index (χ2v) is 5.17. The third-order valence-electron chi connectivity index (χ3n) is 3.74. The van der Waals surface area contributed by atoms with Gasteiger partial charge in [0.05, 0.1) is 5.69 Å². The van der Waals surface area contributed by atoms with E-state index < -0.39 is 0 Å². The maximum atomic E-state index is 4.65. The zero-order valence-corrected chi connectivity index (χ0v) is 11.7. The number of hydrogen-bond acceptors (Lipinski definition) is 3. The summed E-state index contributed by atoms with van der Waals surface area (Å²) in [4.78, 5) is 7.16. The quantitative estimate of drug-likeness (QED) is 0.802. The highest BCUT2D eigenvalue weighted by atomic mass is 15.1. The summed E-state index contributed by atoms with van der Waals surface area (Å²) >= 11 is 0. The number of hydrogen-bond donors (Lipinski definition) is 1. The first-order valence-electron chi connectivity index (χ1n) is 7.24.